The summed E-state index contributed by atoms with van der Waals surface area (Å²) in [4.78, 5) is 63.4. The number of carbonyl (C=O) groups excluding carboxylic acids is 3. The van der Waals surface area contributed by atoms with Gasteiger partial charge in [-0.25, -0.2) is 14.8 Å². The molecule has 21 heteroatoms. The second-order valence-corrected chi connectivity index (χ2v) is 8.17. The van der Waals surface area contributed by atoms with Crippen LogP contribution in [0.4, 0.5) is 37.9 Å². The van der Waals surface area contributed by atoms with E-state index in [9.17, 15) is 45.5 Å². The number of carboxylic acids is 2. The molecule has 2 amide bonds. The van der Waals surface area contributed by atoms with E-state index in [2.05, 4.69) is 15.3 Å². The number of nitrogens with zero attached hydrogens (tertiary/aromatic N) is 2. The molecule has 10 N–H and O–H groups in total. The number of benzene rings is 1. The van der Waals surface area contributed by atoms with Crippen LogP contribution < -0.4 is 27.8 Å². The molecular formula is C22H23F6N7O8. The van der Waals surface area contributed by atoms with Gasteiger partial charge in [0, 0.05) is 0 Å². The van der Waals surface area contributed by atoms with Crippen molar-refractivity contribution in [2.45, 2.75) is 37.2 Å². The molecular weight excluding hydrogens is 604 g/mol. The molecule has 1 aromatic carbocycles. The summed E-state index contributed by atoms with van der Waals surface area (Å²) in [6, 6.07) is 5.40. The largest absolute Gasteiger partial charge is 0.490 e. The predicted octanol–water partition coefficient (Wildman–Crippen LogP) is 0.527. The van der Waals surface area contributed by atoms with Crippen molar-refractivity contribution in [2.75, 3.05) is 11.9 Å². The number of oxazole rings is 1. The maximum absolute atomic E-state index is 12.6. The summed E-state index contributed by atoms with van der Waals surface area (Å²) < 4.78 is 73.8. The van der Waals surface area contributed by atoms with E-state index in [1.165, 1.54) is 5.32 Å². The van der Waals surface area contributed by atoms with E-state index < -0.39 is 78.6 Å². The average Bonchev–Trinajstić information content (AvgIpc) is 3.33. The summed E-state index contributed by atoms with van der Waals surface area (Å²) in [5.74, 6) is -11.1. The van der Waals surface area contributed by atoms with E-state index in [0.717, 1.165) is 0 Å². The van der Waals surface area contributed by atoms with Gasteiger partial charge in [0.2, 0.25) is 17.7 Å². The van der Waals surface area contributed by atoms with Gasteiger partial charge < -0.3 is 37.1 Å². The molecule has 0 fully saturated rings. The number of aliphatic carboxylic acids is 2. The SMILES string of the molecule is NC(N)=Nc1ccc(CC(N)C(=O)NCC(=O)C(CC(=O)O)c2ncc(NC(=O)C(F)(F)F)o2)cc1.O=C(O)C(F)(F)F. The van der Waals surface area contributed by atoms with Gasteiger partial charge >= 0.3 is 30.2 Å². The summed E-state index contributed by atoms with van der Waals surface area (Å²) in [6.45, 7) is -0.666. The van der Waals surface area contributed by atoms with Crippen LogP contribution in [-0.4, -0.2) is 75.6 Å². The molecule has 43 heavy (non-hydrogen) atoms. The highest BCUT2D eigenvalue weighted by Gasteiger charge is 2.40. The number of aliphatic imine (C=N–C) groups is 1. The molecule has 2 aromatic rings. The number of rotatable bonds is 11. The number of hydrogen-bond donors (Lipinski definition) is 7. The van der Waals surface area contributed by atoms with Gasteiger partial charge in [0.1, 0.15) is 5.92 Å². The van der Waals surface area contributed by atoms with Crippen LogP contribution in [0.1, 0.15) is 23.8 Å². The Balaban J connectivity index is 0.00000117. The van der Waals surface area contributed by atoms with Gasteiger partial charge in [-0.3, -0.25) is 24.5 Å². The number of halogens is 6. The normalized spacial score (nSPS) is 12.5. The third-order valence-electron chi connectivity index (χ3n) is 4.75. The number of ketones is 1. The molecule has 236 valence electrons. The first-order valence-electron chi connectivity index (χ1n) is 11.3. The van der Waals surface area contributed by atoms with Crippen LogP contribution in [0.15, 0.2) is 39.9 Å². The lowest BCUT2D eigenvalue weighted by Gasteiger charge is -2.14. The highest BCUT2D eigenvalue weighted by Crippen LogP contribution is 2.25. The molecule has 0 spiro atoms. The number of nitrogens with two attached hydrogens (primary N) is 3. The number of carbonyl (C=O) groups is 5. The van der Waals surface area contributed by atoms with Crippen molar-refractivity contribution in [3.05, 3.63) is 41.9 Å². The number of anilines is 1. The summed E-state index contributed by atoms with van der Waals surface area (Å²) in [5.41, 5.74) is 17.6. The quantitative estimate of drug-likeness (QED) is 0.102. The standard InChI is InChI=1S/C20H22F3N7O6.C2HF3O2/c21-20(22,23)18(35)30-14-8-28-17(36-14)11(6-15(32)33)13(31)7-27-16(34)12(24)5-9-1-3-10(4-2-9)29-19(25)26;3-2(4,5)1(6)7/h1-4,8,11-12H,5-7,24H2,(H,27,34)(H,30,35)(H,32,33)(H4,25,26,29);(H,6,7). The second-order valence-electron chi connectivity index (χ2n) is 8.17. The van der Waals surface area contributed by atoms with Crippen LogP contribution in [0.25, 0.3) is 0 Å². The topological polar surface area (TPSA) is 266 Å². The molecule has 0 saturated carbocycles. The van der Waals surface area contributed by atoms with Gasteiger partial charge in [-0.15, -0.1) is 0 Å². The Hall–Kier alpha value is -5.21. The van der Waals surface area contributed by atoms with Crippen LogP contribution in [0, 0.1) is 0 Å². The maximum Gasteiger partial charge on any atom is 0.490 e. The molecule has 0 radical (unpaired) electrons. The monoisotopic (exact) mass is 627 g/mol. The minimum Gasteiger partial charge on any atom is -0.481 e. The molecule has 2 rings (SSSR count). The fourth-order valence-electron chi connectivity index (χ4n) is 2.83. The first kappa shape index (κ1) is 35.8. The van der Waals surface area contributed by atoms with E-state index in [1.807, 2.05) is 0 Å². The number of guanidine groups is 1. The Morgan fingerprint density at radius 2 is 1.53 bits per heavy atom. The van der Waals surface area contributed by atoms with Crippen LogP contribution in [0.2, 0.25) is 0 Å². The molecule has 0 aliphatic rings. The maximum atomic E-state index is 12.6. The number of carboxylic acid groups (broad SMARTS) is 2. The Kier molecular flexibility index (Phi) is 12.6. The molecule has 0 aliphatic heterocycles. The molecule has 1 aromatic heterocycles. The third-order valence-corrected chi connectivity index (χ3v) is 4.75. The number of nitrogens with one attached hydrogen (secondary N) is 2. The lowest BCUT2D eigenvalue weighted by Crippen LogP contribution is -2.44. The number of hydrogen-bond acceptors (Lipinski definition) is 9. The zero-order valence-corrected chi connectivity index (χ0v) is 21.4. The molecule has 0 saturated heterocycles. The minimum atomic E-state index is -5.21. The Morgan fingerprint density at radius 3 is 2.00 bits per heavy atom. The van der Waals surface area contributed by atoms with Crippen LogP contribution in [0.5, 0.6) is 0 Å². The molecule has 2 unspecified atom stereocenters. The smallest absolute Gasteiger partial charge is 0.481 e. The average molecular weight is 627 g/mol. The summed E-state index contributed by atoms with van der Waals surface area (Å²) in [5, 5.41) is 19.9. The zero-order chi connectivity index (χ0) is 33.1. The van der Waals surface area contributed by atoms with Crippen molar-refractivity contribution in [1.29, 1.82) is 0 Å². The van der Waals surface area contributed by atoms with Gasteiger partial charge in [0.05, 0.1) is 30.9 Å². The Labute approximate surface area is 236 Å². The van der Waals surface area contributed by atoms with Crippen LogP contribution in [0.3, 0.4) is 0 Å². The number of amides is 2. The minimum absolute atomic E-state index is 0.0860. The summed E-state index contributed by atoms with van der Waals surface area (Å²) in [6.07, 6.45) is -10.4. The van der Waals surface area contributed by atoms with Crippen molar-refractivity contribution < 1.29 is 64.9 Å². The van der Waals surface area contributed by atoms with E-state index in [-0.39, 0.29) is 12.4 Å². The second kappa shape index (κ2) is 15.1. The van der Waals surface area contributed by atoms with Crippen LogP contribution in [-0.2, 0) is 30.4 Å². The Bertz CT molecular complexity index is 1340. The lowest BCUT2D eigenvalue weighted by atomic mass is 9.99. The van der Waals surface area contributed by atoms with Gasteiger partial charge in [-0.1, -0.05) is 12.1 Å². The lowest BCUT2D eigenvalue weighted by molar-refractivity contribution is -0.192. The van der Waals surface area contributed by atoms with Crippen molar-refractivity contribution in [3.8, 4) is 0 Å². The molecule has 2 atom stereocenters. The first-order chi connectivity index (χ1) is 19.7. The molecule has 1 heterocycles. The van der Waals surface area contributed by atoms with Crippen molar-refractivity contribution in [3.63, 3.8) is 0 Å². The third kappa shape index (κ3) is 12.9. The summed E-state index contributed by atoms with van der Waals surface area (Å²) in [7, 11) is 0. The van der Waals surface area contributed by atoms with Crippen molar-refractivity contribution in [2.24, 2.45) is 22.2 Å². The van der Waals surface area contributed by atoms with Crippen molar-refractivity contribution in [1.82, 2.24) is 10.3 Å². The van der Waals surface area contributed by atoms with Crippen molar-refractivity contribution >= 4 is 47.1 Å². The zero-order valence-electron chi connectivity index (χ0n) is 21.4. The van der Waals surface area contributed by atoms with Crippen LogP contribution >= 0.6 is 0 Å². The van der Waals surface area contributed by atoms with Gasteiger partial charge in [0.15, 0.2) is 11.7 Å². The fourth-order valence-corrected chi connectivity index (χ4v) is 2.83. The predicted molar refractivity (Wildman–Crippen MR) is 131 cm³/mol. The fraction of sp³-hybridized carbons (Fsp3) is 0.318. The van der Waals surface area contributed by atoms with Gasteiger partial charge in [0.25, 0.3) is 0 Å². The molecule has 15 nitrogen and oxygen atoms in total. The Morgan fingerprint density at radius 1 is 0.977 bits per heavy atom. The molecule has 0 bridgehead atoms. The number of Topliss-reactive ketones (excluding diaryl/α,β-unsaturated/α-hetero) is 1. The first-order valence-corrected chi connectivity index (χ1v) is 11.3. The highest BCUT2D eigenvalue weighted by molar-refractivity contribution is 5.95. The number of aromatic nitrogens is 1. The molecule has 0 aliphatic carbocycles. The van der Waals surface area contributed by atoms with E-state index >= 15 is 0 Å². The van der Waals surface area contributed by atoms with E-state index in [1.54, 1.807) is 24.3 Å². The summed E-state index contributed by atoms with van der Waals surface area (Å²) >= 11 is 0. The van der Waals surface area contributed by atoms with E-state index in [4.69, 9.17) is 36.6 Å². The highest BCUT2D eigenvalue weighted by atomic mass is 19.4. The van der Waals surface area contributed by atoms with Gasteiger partial charge in [-0.2, -0.15) is 26.3 Å². The number of alkyl halides is 6. The van der Waals surface area contributed by atoms with Gasteiger partial charge in [-0.05, 0) is 24.1 Å². The van der Waals surface area contributed by atoms with E-state index in [0.29, 0.717) is 17.4 Å².